The third-order valence-corrected chi connectivity index (χ3v) is 8.37. The summed E-state index contributed by atoms with van der Waals surface area (Å²) in [4.78, 5) is 27.1. The van der Waals surface area contributed by atoms with Crippen LogP contribution in [0, 0.1) is 5.41 Å². The molecule has 29 heavy (non-hydrogen) atoms. The van der Waals surface area contributed by atoms with Crippen LogP contribution in [0.2, 0.25) is 0 Å². The van der Waals surface area contributed by atoms with Crippen LogP contribution in [0.15, 0.2) is 0 Å². The number of piperidine rings is 2. The Kier molecular flexibility index (Phi) is 6.07. The molecule has 0 bridgehead atoms. The Morgan fingerprint density at radius 2 is 1.93 bits per heavy atom. The van der Waals surface area contributed by atoms with Gasteiger partial charge in [0.25, 0.3) is 5.91 Å². The fraction of sp³-hybridized carbons (Fsp3) is 0.909. The molecule has 1 saturated carbocycles. The van der Waals surface area contributed by atoms with Gasteiger partial charge in [-0.1, -0.05) is 0 Å². The molecule has 4 aliphatic rings. The summed E-state index contributed by atoms with van der Waals surface area (Å²) in [5.41, 5.74) is 0.250. The number of hydrogen-bond acceptors (Lipinski definition) is 4. The molecule has 2 atom stereocenters. The molecular formula is C22H39N4O3+. The second kappa shape index (κ2) is 8.42. The number of likely N-dealkylation sites (tertiary alicyclic amines) is 2. The highest BCUT2D eigenvalue weighted by Crippen LogP contribution is 2.55. The Hall–Kier alpha value is -1.34. The van der Waals surface area contributed by atoms with E-state index in [2.05, 4.69) is 10.6 Å². The van der Waals surface area contributed by atoms with E-state index in [1.54, 1.807) is 7.05 Å². The average Bonchev–Trinajstić information content (AvgIpc) is 3.19. The number of carbonyl (C=O) groups excluding carboxylic acids is 2. The highest BCUT2D eigenvalue weighted by molar-refractivity contribution is 5.80. The lowest BCUT2D eigenvalue weighted by molar-refractivity contribution is -0.998. The van der Waals surface area contributed by atoms with Gasteiger partial charge in [0.15, 0.2) is 6.04 Å². The summed E-state index contributed by atoms with van der Waals surface area (Å²) >= 11 is 0. The minimum atomic E-state index is -0.156. The zero-order valence-corrected chi connectivity index (χ0v) is 18.3. The van der Waals surface area contributed by atoms with E-state index < -0.39 is 0 Å². The van der Waals surface area contributed by atoms with Gasteiger partial charge in [-0.2, -0.15) is 0 Å². The van der Waals surface area contributed by atoms with Gasteiger partial charge in [0.2, 0.25) is 0 Å². The van der Waals surface area contributed by atoms with Crippen molar-refractivity contribution in [2.45, 2.75) is 76.4 Å². The molecule has 0 aromatic heterocycles. The zero-order valence-electron chi connectivity index (χ0n) is 18.3. The molecule has 164 valence electrons. The van der Waals surface area contributed by atoms with Gasteiger partial charge in [-0.3, -0.25) is 4.79 Å². The minimum absolute atomic E-state index is 0.0989. The van der Waals surface area contributed by atoms with Crippen molar-refractivity contribution in [2.24, 2.45) is 5.41 Å². The smallest absolute Gasteiger partial charge is 0.409 e. The summed E-state index contributed by atoms with van der Waals surface area (Å²) in [6.45, 7) is 7.24. The van der Waals surface area contributed by atoms with Crippen molar-refractivity contribution < 1.29 is 18.8 Å². The van der Waals surface area contributed by atoms with E-state index in [0.29, 0.717) is 18.7 Å². The van der Waals surface area contributed by atoms with Crippen molar-refractivity contribution in [1.82, 2.24) is 15.5 Å². The first-order chi connectivity index (χ1) is 14.0. The molecule has 1 unspecified atom stereocenters. The van der Waals surface area contributed by atoms with Crippen LogP contribution < -0.4 is 10.6 Å². The van der Waals surface area contributed by atoms with Gasteiger partial charge in [0, 0.05) is 70.7 Å². The second-order valence-corrected chi connectivity index (χ2v) is 9.76. The Balaban J connectivity index is 1.53. The lowest BCUT2D eigenvalue weighted by Crippen LogP contribution is -2.75. The van der Waals surface area contributed by atoms with Crippen LogP contribution in [-0.2, 0) is 9.53 Å². The lowest BCUT2D eigenvalue weighted by atomic mass is 9.62. The Bertz CT molecular complexity index is 615. The molecule has 3 heterocycles. The third-order valence-electron chi connectivity index (χ3n) is 8.37. The summed E-state index contributed by atoms with van der Waals surface area (Å²) in [5.74, 6) is 0.240. The van der Waals surface area contributed by atoms with Gasteiger partial charge in [0.05, 0.1) is 25.2 Å². The van der Waals surface area contributed by atoms with Crippen LogP contribution in [0.25, 0.3) is 0 Å². The quantitative estimate of drug-likeness (QED) is 0.698. The number of likely N-dealkylation sites (N-methyl/N-ethyl adjacent to an activating group) is 1. The van der Waals surface area contributed by atoms with E-state index in [0.717, 1.165) is 69.3 Å². The SMILES string of the molecule is CCOC(=O)N1CCC2(CC([N+]3(C4CCNCC4)CCCC[C@H]3C(=O)NC)C2)C1. The number of rotatable bonds is 4. The number of hydrogen-bond donors (Lipinski definition) is 2. The van der Waals surface area contributed by atoms with Gasteiger partial charge >= 0.3 is 6.09 Å². The Morgan fingerprint density at radius 3 is 2.62 bits per heavy atom. The van der Waals surface area contributed by atoms with Crippen LogP contribution in [0.1, 0.15) is 58.3 Å². The van der Waals surface area contributed by atoms with Gasteiger partial charge in [-0.15, -0.1) is 0 Å². The number of nitrogens with zero attached hydrogens (tertiary/aromatic N) is 2. The molecule has 1 spiro atoms. The first-order valence-electron chi connectivity index (χ1n) is 11.8. The largest absolute Gasteiger partial charge is 0.450 e. The van der Waals surface area contributed by atoms with Crippen molar-refractivity contribution >= 4 is 12.0 Å². The second-order valence-electron chi connectivity index (χ2n) is 9.76. The fourth-order valence-electron chi connectivity index (χ4n) is 7.01. The summed E-state index contributed by atoms with van der Waals surface area (Å²) < 4.78 is 6.25. The average molecular weight is 408 g/mol. The van der Waals surface area contributed by atoms with Gasteiger partial charge < -0.3 is 24.8 Å². The van der Waals surface area contributed by atoms with E-state index >= 15 is 0 Å². The van der Waals surface area contributed by atoms with Crippen LogP contribution in [-0.4, -0.2) is 85.9 Å². The van der Waals surface area contributed by atoms with E-state index in [1.807, 2.05) is 11.8 Å². The van der Waals surface area contributed by atoms with Crippen LogP contribution in [0.4, 0.5) is 4.79 Å². The predicted molar refractivity (Wildman–Crippen MR) is 111 cm³/mol. The normalized spacial score (nSPS) is 37.9. The lowest BCUT2D eigenvalue weighted by Gasteiger charge is -2.62. The Morgan fingerprint density at radius 1 is 1.17 bits per heavy atom. The van der Waals surface area contributed by atoms with Gasteiger partial charge in [-0.25, -0.2) is 4.79 Å². The maximum atomic E-state index is 13.0. The molecule has 7 nitrogen and oxygen atoms in total. The van der Waals surface area contributed by atoms with E-state index in [-0.39, 0.29) is 23.5 Å². The van der Waals surface area contributed by atoms with E-state index in [1.165, 1.54) is 19.3 Å². The van der Waals surface area contributed by atoms with Gasteiger partial charge in [-0.05, 0) is 26.2 Å². The van der Waals surface area contributed by atoms with Crippen molar-refractivity contribution in [1.29, 1.82) is 0 Å². The molecule has 4 fully saturated rings. The fourth-order valence-corrected chi connectivity index (χ4v) is 7.01. The highest BCUT2D eigenvalue weighted by Gasteiger charge is 2.62. The standard InChI is InChI=1S/C22H38N4O3/c1-3-29-21(28)25-12-9-22(16-25)14-18(15-22)26(17-7-10-24-11-8-17)13-5-4-6-19(26)20(27)23-2/h17-19,24H,3-16H2,1-2H3/p+1/t18?,19-,22?,26?/m0/s1. The van der Waals surface area contributed by atoms with E-state index in [9.17, 15) is 9.59 Å². The molecule has 7 heteroatoms. The summed E-state index contributed by atoms with van der Waals surface area (Å²) in [7, 11) is 1.80. The summed E-state index contributed by atoms with van der Waals surface area (Å²) in [5, 5.41) is 6.50. The van der Waals surface area contributed by atoms with Crippen molar-refractivity contribution in [3.05, 3.63) is 0 Å². The molecule has 0 aromatic carbocycles. The van der Waals surface area contributed by atoms with Crippen molar-refractivity contribution in [3.8, 4) is 0 Å². The number of nitrogens with one attached hydrogen (secondary N) is 2. The van der Waals surface area contributed by atoms with Gasteiger partial charge in [0.1, 0.15) is 0 Å². The molecule has 0 aromatic rings. The molecule has 2 N–H and O–H groups in total. The van der Waals surface area contributed by atoms with Crippen molar-refractivity contribution in [3.63, 3.8) is 0 Å². The van der Waals surface area contributed by atoms with Crippen LogP contribution in [0.5, 0.6) is 0 Å². The van der Waals surface area contributed by atoms with Crippen molar-refractivity contribution in [2.75, 3.05) is 46.4 Å². The maximum Gasteiger partial charge on any atom is 0.409 e. The minimum Gasteiger partial charge on any atom is -0.450 e. The van der Waals surface area contributed by atoms with E-state index in [4.69, 9.17) is 4.74 Å². The summed E-state index contributed by atoms with van der Waals surface area (Å²) in [6.07, 6.45) is 8.99. The molecule has 3 saturated heterocycles. The molecule has 2 amide bonds. The van der Waals surface area contributed by atoms with Crippen LogP contribution in [0.3, 0.4) is 0 Å². The maximum absolute atomic E-state index is 13.0. The number of carbonyl (C=O) groups is 2. The molecular weight excluding hydrogens is 368 g/mol. The third kappa shape index (κ3) is 3.65. The number of ether oxygens (including phenoxy) is 1. The molecule has 1 aliphatic carbocycles. The molecule has 3 aliphatic heterocycles. The molecule has 0 radical (unpaired) electrons. The molecule has 4 rings (SSSR count). The predicted octanol–water partition coefficient (Wildman–Crippen LogP) is 1.86. The zero-order chi connectivity index (χ0) is 20.5. The monoisotopic (exact) mass is 407 g/mol. The Labute approximate surface area is 175 Å². The first-order valence-corrected chi connectivity index (χ1v) is 11.8. The highest BCUT2D eigenvalue weighted by atomic mass is 16.6. The topological polar surface area (TPSA) is 70.7 Å². The first kappa shape index (κ1) is 20.9. The summed E-state index contributed by atoms with van der Waals surface area (Å²) in [6, 6.07) is 1.24. The number of quaternary nitrogens is 1. The van der Waals surface area contributed by atoms with Crippen LogP contribution >= 0.6 is 0 Å². The number of amides is 2.